The van der Waals surface area contributed by atoms with E-state index in [1.807, 2.05) is 0 Å². The molecule has 2 nitrogen and oxygen atoms in total. The molecular formula is C12H32O2Si3. The van der Waals surface area contributed by atoms with Crippen molar-refractivity contribution in [2.24, 2.45) is 0 Å². The summed E-state index contributed by atoms with van der Waals surface area (Å²) in [5.74, 6) is 0. The lowest BCUT2D eigenvalue weighted by molar-refractivity contribution is 0.381. The lowest BCUT2D eigenvalue weighted by Gasteiger charge is -2.40. The first kappa shape index (κ1) is 17.6. The fourth-order valence-corrected chi connectivity index (χ4v) is 15.0. The van der Waals surface area contributed by atoms with Crippen molar-refractivity contribution in [1.82, 2.24) is 0 Å². The first-order chi connectivity index (χ1) is 8.07. The van der Waals surface area contributed by atoms with Crippen molar-refractivity contribution in [3.05, 3.63) is 0 Å². The Bertz CT molecular complexity index is 184. The van der Waals surface area contributed by atoms with E-state index in [2.05, 4.69) is 41.5 Å². The summed E-state index contributed by atoms with van der Waals surface area (Å²) >= 11 is 0. The highest BCUT2D eigenvalue weighted by molar-refractivity contribution is 6.85. The van der Waals surface area contributed by atoms with Crippen molar-refractivity contribution in [2.45, 2.75) is 77.8 Å². The zero-order valence-electron chi connectivity index (χ0n) is 12.8. The minimum Gasteiger partial charge on any atom is -0.442 e. The minimum absolute atomic E-state index is 0.337. The normalized spacial score (nSPS) is 13.8. The third-order valence-corrected chi connectivity index (χ3v) is 16.6. The predicted molar refractivity (Wildman–Crippen MR) is 85.1 cm³/mol. The molecule has 0 aliphatic rings. The van der Waals surface area contributed by atoms with Crippen LogP contribution in [0.5, 0.6) is 0 Å². The van der Waals surface area contributed by atoms with Gasteiger partial charge in [-0.25, -0.2) is 0 Å². The zero-order valence-corrected chi connectivity index (χ0v) is 16.2. The van der Waals surface area contributed by atoms with E-state index in [9.17, 15) is 0 Å². The Labute approximate surface area is 113 Å². The molecular weight excluding hydrogens is 260 g/mol. The first-order valence-electron chi connectivity index (χ1n) is 7.41. The molecule has 0 amide bonds. The van der Waals surface area contributed by atoms with E-state index in [1.165, 1.54) is 24.2 Å². The van der Waals surface area contributed by atoms with Gasteiger partial charge in [0, 0.05) is 0 Å². The molecule has 0 aliphatic heterocycles. The summed E-state index contributed by atoms with van der Waals surface area (Å²) < 4.78 is 13.1. The van der Waals surface area contributed by atoms with Gasteiger partial charge >= 0.3 is 8.56 Å². The second-order valence-electron chi connectivity index (χ2n) is 4.81. The molecule has 104 valence electrons. The van der Waals surface area contributed by atoms with Gasteiger partial charge in [0.25, 0.3) is 0 Å². The van der Waals surface area contributed by atoms with Crippen LogP contribution < -0.4 is 0 Å². The number of hydrogen-bond donors (Lipinski definition) is 0. The summed E-state index contributed by atoms with van der Waals surface area (Å²) in [4.78, 5) is 0. The van der Waals surface area contributed by atoms with Crippen molar-refractivity contribution in [2.75, 3.05) is 0 Å². The van der Waals surface area contributed by atoms with Crippen LogP contribution in [-0.2, 0) is 8.23 Å². The maximum atomic E-state index is 6.76. The van der Waals surface area contributed by atoms with Gasteiger partial charge in [0.2, 0.25) is 0 Å². The van der Waals surface area contributed by atoms with Gasteiger partial charge in [-0.1, -0.05) is 41.5 Å². The molecule has 0 N–H and O–H groups in total. The highest BCUT2D eigenvalue weighted by Gasteiger charge is 2.41. The third-order valence-electron chi connectivity index (χ3n) is 3.98. The van der Waals surface area contributed by atoms with Crippen molar-refractivity contribution in [1.29, 1.82) is 0 Å². The third kappa shape index (κ3) is 4.98. The first-order valence-corrected chi connectivity index (χ1v) is 13.7. The van der Waals surface area contributed by atoms with Gasteiger partial charge in [-0.05, 0) is 36.3 Å². The van der Waals surface area contributed by atoms with Gasteiger partial charge in [-0.3, -0.25) is 0 Å². The smallest absolute Gasteiger partial charge is 0.316 e. The van der Waals surface area contributed by atoms with Gasteiger partial charge in [-0.15, -0.1) is 0 Å². The molecule has 17 heavy (non-hydrogen) atoms. The molecule has 0 rings (SSSR count). The second-order valence-corrected chi connectivity index (χ2v) is 15.9. The minimum atomic E-state index is -1.84. The van der Waals surface area contributed by atoms with E-state index >= 15 is 0 Å². The SMILES string of the molecule is CC[SiH2]O[Si](CC)(CC)O[Si](CC)(CC)CC. The highest BCUT2D eigenvalue weighted by atomic mass is 28.5. The summed E-state index contributed by atoms with van der Waals surface area (Å²) in [5, 5.41) is 0. The van der Waals surface area contributed by atoms with Crippen LogP contribution in [-0.4, -0.2) is 26.6 Å². The van der Waals surface area contributed by atoms with Gasteiger partial charge < -0.3 is 8.23 Å². The Kier molecular flexibility index (Phi) is 8.92. The average Bonchev–Trinajstić information content (AvgIpc) is 2.41. The summed E-state index contributed by atoms with van der Waals surface area (Å²) in [6.45, 7) is 13.7. The molecule has 0 aliphatic carbocycles. The Hall–Kier alpha value is 0.571. The standard InChI is InChI=1S/C12H32O2Si3/c1-7-15-13-17(11-5,12-6)14-16(8-2,9-3)10-4/h7-12,15H2,1-6H3. The summed E-state index contributed by atoms with van der Waals surface area (Å²) in [5.41, 5.74) is 0. The molecule has 0 saturated heterocycles. The summed E-state index contributed by atoms with van der Waals surface area (Å²) in [6.07, 6.45) is 0. The Morgan fingerprint density at radius 1 is 0.765 bits per heavy atom. The zero-order chi connectivity index (χ0) is 13.4. The fraction of sp³-hybridized carbons (Fsp3) is 1.00. The van der Waals surface area contributed by atoms with E-state index in [-0.39, 0.29) is 9.76 Å². The van der Waals surface area contributed by atoms with Gasteiger partial charge in [0.15, 0.2) is 8.32 Å². The van der Waals surface area contributed by atoms with Crippen molar-refractivity contribution in [3.8, 4) is 0 Å². The molecule has 0 aromatic carbocycles. The average molecular weight is 293 g/mol. The van der Waals surface area contributed by atoms with Crippen molar-refractivity contribution < 1.29 is 8.23 Å². The van der Waals surface area contributed by atoms with Crippen molar-refractivity contribution in [3.63, 3.8) is 0 Å². The summed E-state index contributed by atoms with van der Waals surface area (Å²) in [6, 6.07) is 7.22. The van der Waals surface area contributed by atoms with E-state index < -0.39 is 16.9 Å². The molecule has 0 radical (unpaired) electrons. The van der Waals surface area contributed by atoms with Gasteiger partial charge in [-0.2, -0.15) is 0 Å². The van der Waals surface area contributed by atoms with E-state index in [0.717, 1.165) is 12.1 Å². The molecule has 5 heteroatoms. The lowest BCUT2D eigenvalue weighted by atomic mass is 10.9. The van der Waals surface area contributed by atoms with Crippen LogP contribution in [0.1, 0.15) is 41.5 Å². The maximum Gasteiger partial charge on any atom is 0.316 e. The molecule has 0 bridgehead atoms. The second kappa shape index (κ2) is 8.63. The Morgan fingerprint density at radius 3 is 1.53 bits per heavy atom. The lowest BCUT2D eigenvalue weighted by Crippen LogP contribution is -2.52. The van der Waals surface area contributed by atoms with Crippen LogP contribution in [0.25, 0.3) is 0 Å². The molecule has 0 aromatic heterocycles. The van der Waals surface area contributed by atoms with E-state index in [0.29, 0.717) is 0 Å². The van der Waals surface area contributed by atoms with Crippen molar-refractivity contribution >= 4 is 26.6 Å². The number of hydrogen-bond acceptors (Lipinski definition) is 2. The predicted octanol–water partition coefficient (Wildman–Crippen LogP) is 4.03. The fourth-order valence-electron chi connectivity index (χ4n) is 2.28. The summed E-state index contributed by atoms with van der Waals surface area (Å²) in [7, 11) is -3.66. The molecule has 0 heterocycles. The van der Waals surface area contributed by atoms with Gasteiger partial charge in [0.1, 0.15) is 9.76 Å². The quantitative estimate of drug-likeness (QED) is 0.566. The van der Waals surface area contributed by atoms with E-state index in [1.54, 1.807) is 0 Å². The monoisotopic (exact) mass is 292 g/mol. The molecule has 0 fully saturated rings. The van der Waals surface area contributed by atoms with Crippen LogP contribution in [0, 0.1) is 0 Å². The molecule has 0 aromatic rings. The number of rotatable bonds is 10. The largest absolute Gasteiger partial charge is 0.442 e. The van der Waals surface area contributed by atoms with Crippen LogP contribution in [0.2, 0.25) is 36.3 Å². The van der Waals surface area contributed by atoms with Crippen LogP contribution in [0.15, 0.2) is 0 Å². The maximum absolute atomic E-state index is 6.76. The molecule has 0 unspecified atom stereocenters. The van der Waals surface area contributed by atoms with Gasteiger partial charge in [0.05, 0.1) is 0 Å². The molecule has 0 atom stereocenters. The van der Waals surface area contributed by atoms with Crippen LogP contribution in [0.4, 0.5) is 0 Å². The Balaban J connectivity index is 4.81. The topological polar surface area (TPSA) is 18.5 Å². The van der Waals surface area contributed by atoms with Crippen LogP contribution >= 0.6 is 0 Å². The van der Waals surface area contributed by atoms with E-state index in [4.69, 9.17) is 8.23 Å². The highest BCUT2D eigenvalue weighted by Crippen LogP contribution is 2.30. The molecule has 0 spiro atoms. The van der Waals surface area contributed by atoms with Crippen LogP contribution in [0.3, 0.4) is 0 Å². The molecule has 0 saturated carbocycles. The Morgan fingerprint density at radius 2 is 1.24 bits per heavy atom.